The van der Waals surface area contributed by atoms with E-state index in [0.29, 0.717) is 5.92 Å². The third kappa shape index (κ3) is 4.17. The predicted molar refractivity (Wildman–Crippen MR) is 76.9 cm³/mol. The van der Waals surface area contributed by atoms with Crippen molar-refractivity contribution in [2.75, 3.05) is 0 Å². The van der Waals surface area contributed by atoms with Gasteiger partial charge in [0.15, 0.2) is 0 Å². The summed E-state index contributed by atoms with van der Waals surface area (Å²) in [5, 5.41) is 3.08. The molecule has 0 saturated carbocycles. The van der Waals surface area contributed by atoms with Gasteiger partial charge in [-0.1, -0.05) is 26.0 Å². The smallest absolute Gasteiger partial charge is 0.251 e. The summed E-state index contributed by atoms with van der Waals surface area (Å²) in [6, 6.07) is 6.11. The molecule has 0 radical (unpaired) electrons. The van der Waals surface area contributed by atoms with Crippen molar-refractivity contribution in [3.05, 3.63) is 34.9 Å². The van der Waals surface area contributed by atoms with E-state index in [1.54, 1.807) is 0 Å². The lowest BCUT2D eigenvalue weighted by Crippen LogP contribution is -2.33. The molecule has 2 heteroatoms. The molecule has 1 unspecified atom stereocenters. The molecule has 1 amide bonds. The van der Waals surface area contributed by atoms with E-state index in [0.717, 1.165) is 29.5 Å². The topological polar surface area (TPSA) is 29.1 Å². The Morgan fingerprint density at radius 2 is 1.83 bits per heavy atom. The van der Waals surface area contributed by atoms with Crippen LogP contribution < -0.4 is 5.32 Å². The van der Waals surface area contributed by atoms with E-state index < -0.39 is 0 Å². The Labute approximate surface area is 111 Å². The van der Waals surface area contributed by atoms with Gasteiger partial charge in [0.05, 0.1) is 0 Å². The number of aryl methyl sites for hydroxylation is 1. The molecule has 0 saturated heterocycles. The molecule has 18 heavy (non-hydrogen) atoms. The Bertz CT molecular complexity index is 410. The SMILES string of the molecule is Cc1cccc(C(=O)NC(C)CCC(C)C)c1C. The van der Waals surface area contributed by atoms with Crippen LogP contribution in [-0.2, 0) is 0 Å². The third-order valence-electron chi connectivity index (χ3n) is 3.40. The molecule has 0 aromatic heterocycles. The van der Waals surface area contributed by atoms with Gasteiger partial charge in [0.1, 0.15) is 0 Å². The maximum Gasteiger partial charge on any atom is 0.251 e. The van der Waals surface area contributed by atoms with E-state index in [2.05, 4.69) is 26.1 Å². The summed E-state index contributed by atoms with van der Waals surface area (Å²) in [6.45, 7) is 10.5. The normalized spacial score (nSPS) is 12.6. The largest absolute Gasteiger partial charge is 0.350 e. The number of carbonyl (C=O) groups excluding carboxylic acids is 1. The number of hydrogen-bond acceptors (Lipinski definition) is 1. The quantitative estimate of drug-likeness (QED) is 0.841. The Kier molecular flexibility index (Phi) is 5.39. The maximum absolute atomic E-state index is 12.2. The molecule has 1 rings (SSSR count). The molecule has 2 nitrogen and oxygen atoms in total. The van der Waals surface area contributed by atoms with Crippen LogP contribution in [0.2, 0.25) is 0 Å². The summed E-state index contributed by atoms with van der Waals surface area (Å²) in [4.78, 5) is 12.2. The Morgan fingerprint density at radius 1 is 1.17 bits per heavy atom. The van der Waals surface area contributed by atoms with Crippen molar-refractivity contribution in [3.63, 3.8) is 0 Å². The molecule has 1 atom stereocenters. The molecule has 1 N–H and O–H groups in total. The van der Waals surface area contributed by atoms with Gasteiger partial charge in [0, 0.05) is 11.6 Å². The van der Waals surface area contributed by atoms with Gasteiger partial charge in [-0.3, -0.25) is 4.79 Å². The van der Waals surface area contributed by atoms with E-state index in [1.165, 1.54) is 0 Å². The highest BCUT2D eigenvalue weighted by Crippen LogP contribution is 2.13. The fourth-order valence-corrected chi connectivity index (χ4v) is 1.95. The van der Waals surface area contributed by atoms with Gasteiger partial charge >= 0.3 is 0 Å². The molecular formula is C16H25NO. The Hall–Kier alpha value is -1.31. The standard InChI is InChI=1S/C16H25NO/c1-11(2)9-10-13(4)17-16(18)15-8-6-7-12(3)14(15)5/h6-8,11,13H,9-10H2,1-5H3,(H,17,18). The van der Waals surface area contributed by atoms with Gasteiger partial charge in [-0.2, -0.15) is 0 Å². The van der Waals surface area contributed by atoms with Crippen molar-refractivity contribution in [1.82, 2.24) is 5.32 Å². The molecule has 0 aliphatic rings. The number of rotatable bonds is 5. The lowest BCUT2D eigenvalue weighted by molar-refractivity contribution is 0.0936. The first kappa shape index (κ1) is 14.7. The highest BCUT2D eigenvalue weighted by Gasteiger charge is 2.12. The fourth-order valence-electron chi connectivity index (χ4n) is 1.95. The Balaban J connectivity index is 2.62. The van der Waals surface area contributed by atoms with Gasteiger partial charge in [0.25, 0.3) is 5.91 Å². The molecule has 0 spiro atoms. The van der Waals surface area contributed by atoms with Gasteiger partial charge in [-0.05, 0) is 56.7 Å². The molecule has 100 valence electrons. The first-order valence-corrected chi connectivity index (χ1v) is 6.79. The lowest BCUT2D eigenvalue weighted by Gasteiger charge is -2.16. The second-order valence-corrected chi connectivity index (χ2v) is 5.59. The van der Waals surface area contributed by atoms with Crippen LogP contribution in [0.3, 0.4) is 0 Å². The van der Waals surface area contributed by atoms with Crippen molar-refractivity contribution in [2.24, 2.45) is 5.92 Å². The molecule has 0 bridgehead atoms. The van der Waals surface area contributed by atoms with Crippen molar-refractivity contribution in [2.45, 2.75) is 53.5 Å². The molecule has 1 aromatic carbocycles. The monoisotopic (exact) mass is 247 g/mol. The van der Waals surface area contributed by atoms with Crippen molar-refractivity contribution < 1.29 is 4.79 Å². The molecule has 0 fully saturated rings. The zero-order valence-electron chi connectivity index (χ0n) is 12.2. The van der Waals surface area contributed by atoms with Gasteiger partial charge in [-0.15, -0.1) is 0 Å². The molecular weight excluding hydrogens is 222 g/mol. The molecule has 0 aliphatic heterocycles. The van der Waals surface area contributed by atoms with Gasteiger partial charge in [-0.25, -0.2) is 0 Å². The molecule has 0 aliphatic carbocycles. The van der Waals surface area contributed by atoms with E-state index in [1.807, 2.05) is 32.0 Å². The molecule has 0 heterocycles. The summed E-state index contributed by atoms with van der Waals surface area (Å²) < 4.78 is 0. The number of carbonyl (C=O) groups is 1. The highest BCUT2D eigenvalue weighted by atomic mass is 16.1. The number of amides is 1. The zero-order chi connectivity index (χ0) is 13.7. The minimum atomic E-state index is 0.0486. The number of nitrogens with one attached hydrogen (secondary N) is 1. The van der Waals surface area contributed by atoms with Crippen molar-refractivity contribution >= 4 is 5.91 Å². The van der Waals surface area contributed by atoms with Crippen LogP contribution in [0.5, 0.6) is 0 Å². The van der Waals surface area contributed by atoms with Gasteiger partial charge < -0.3 is 5.32 Å². The predicted octanol–water partition coefficient (Wildman–Crippen LogP) is 3.86. The summed E-state index contributed by atoms with van der Waals surface area (Å²) >= 11 is 0. The van der Waals surface area contributed by atoms with Crippen molar-refractivity contribution in [1.29, 1.82) is 0 Å². The van der Waals surface area contributed by atoms with Crippen LogP contribution in [0.1, 0.15) is 55.1 Å². The summed E-state index contributed by atoms with van der Waals surface area (Å²) in [6.07, 6.45) is 2.18. The van der Waals surface area contributed by atoms with E-state index in [9.17, 15) is 4.79 Å². The van der Waals surface area contributed by atoms with Crippen LogP contribution in [0.15, 0.2) is 18.2 Å². The summed E-state index contributed by atoms with van der Waals surface area (Å²) in [5.74, 6) is 0.734. The van der Waals surface area contributed by atoms with Crippen LogP contribution in [0.4, 0.5) is 0 Å². The summed E-state index contributed by atoms with van der Waals surface area (Å²) in [5.41, 5.74) is 3.04. The van der Waals surface area contributed by atoms with Crippen LogP contribution in [-0.4, -0.2) is 11.9 Å². The lowest BCUT2D eigenvalue weighted by atomic mass is 10.0. The van der Waals surface area contributed by atoms with E-state index >= 15 is 0 Å². The maximum atomic E-state index is 12.2. The minimum absolute atomic E-state index is 0.0486. The second-order valence-electron chi connectivity index (χ2n) is 5.59. The zero-order valence-corrected chi connectivity index (χ0v) is 12.2. The average molecular weight is 247 g/mol. The Morgan fingerprint density at radius 3 is 2.44 bits per heavy atom. The highest BCUT2D eigenvalue weighted by molar-refractivity contribution is 5.96. The number of benzene rings is 1. The third-order valence-corrected chi connectivity index (χ3v) is 3.40. The first-order valence-electron chi connectivity index (χ1n) is 6.79. The van der Waals surface area contributed by atoms with Crippen LogP contribution in [0.25, 0.3) is 0 Å². The average Bonchev–Trinajstić information content (AvgIpc) is 2.30. The van der Waals surface area contributed by atoms with Crippen LogP contribution in [0, 0.1) is 19.8 Å². The second kappa shape index (κ2) is 6.58. The minimum Gasteiger partial charge on any atom is -0.350 e. The van der Waals surface area contributed by atoms with Gasteiger partial charge in [0.2, 0.25) is 0 Å². The fraction of sp³-hybridized carbons (Fsp3) is 0.562. The van der Waals surface area contributed by atoms with E-state index in [-0.39, 0.29) is 11.9 Å². The number of hydrogen-bond donors (Lipinski definition) is 1. The van der Waals surface area contributed by atoms with Crippen LogP contribution >= 0.6 is 0 Å². The first-order chi connectivity index (χ1) is 8.41. The van der Waals surface area contributed by atoms with E-state index in [4.69, 9.17) is 0 Å². The summed E-state index contributed by atoms with van der Waals surface area (Å²) in [7, 11) is 0. The van der Waals surface area contributed by atoms with Crippen molar-refractivity contribution in [3.8, 4) is 0 Å². The molecule has 1 aromatic rings.